The minimum absolute atomic E-state index is 0.0900. The van der Waals surface area contributed by atoms with Crippen molar-refractivity contribution in [1.82, 2.24) is 24.6 Å². The van der Waals surface area contributed by atoms with E-state index in [1.165, 1.54) is 25.8 Å². The molecule has 0 aromatic carbocycles. The van der Waals surface area contributed by atoms with Crippen LogP contribution < -0.4 is 0 Å². The molecular formula is C18H23N5O. The highest BCUT2D eigenvalue weighted by molar-refractivity contribution is 5.99. The van der Waals surface area contributed by atoms with Crippen molar-refractivity contribution in [2.45, 2.75) is 25.3 Å². The highest BCUT2D eigenvalue weighted by Gasteiger charge is 2.32. The number of piperazine rings is 1. The van der Waals surface area contributed by atoms with Crippen molar-refractivity contribution in [3.8, 4) is 11.3 Å². The van der Waals surface area contributed by atoms with Crippen molar-refractivity contribution in [2.75, 3.05) is 26.2 Å². The summed E-state index contributed by atoms with van der Waals surface area (Å²) in [5.41, 5.74) is 2.29. The summed E-state index contributed by atoms with van der Waals surface area (Å²) in [4.78, 5) is 21.8. The average molecular weight is 325 g/mol. The fourth-order valence-electron chi connectivity index (χ4n) is 3.87. The van der Waals surface area contributed by atoms with E-state index in [1.807, 2.05) is 30.3 Å². The number of rotatable bonds is 2. The van der Waals surface area contributed by atoms with E-state index in [2.05, 4.69) is 15.0 Å². The number of piperidine rings is 1. The number of fused-ring (bicyclic) bond motifs is 1. The van der Waals surface area contributed by atoms with E-state index in [4.69, 9.17) is 0 Å². The van der Waals surface area contributed by atoms with Crippen LogP contribution >= 0.6 is 0 Å². The zero-order chi connectivity index (χ0) is 16.5. The third-order valence-corrected chi connectivity index (χ3v) is 5.12. The minimum atomic E-state index is 0.0900. The summed E-state index contributed by atoms with van der Waals surface area (Å²) >= 11 is 0. The van der Waals surface area contributed by atoms with E-state index in [0.717, 1.165) is 30.9 Å². The van der Waals surface area contributed by atoms with Crippen LogP contribution in [0, 0.1) is 0 Å². The molecule has 4 rings (SSSR count). The van der Waals surface area contributed by atoms with E-state index >= 15 is 0 Å². The fraction of sp³-hybridized carbons (Fsp3) is 0.500. The van der Waals surface area contributed by atoms with Gasteiger partial charge in [0.25, 0.3) is 5.91 Å². The van der Waals surface area contributed by atoms with Crippen molar-refractivity contribution < 1.29 is 4.79 Å². The molecule has 1 amide bonds. The van der Waals surface area contributed by atoms with Crippen LogP contribution in [0.25, 0.3) is 11.3 Å². The number of hydrogen-bond acceptors (Lipinski definition) is 4. The molecule has 4 heterocycles. The van der Waals surface area contributed by atoms with Crippen LogP contribution in [0.5, 0.6) is 0 Å². The molecule has 6 nitrogen and oxygen atoms in total. The third-order valence-electron chi connectivity index (χ3n) is 5.12. The average Bonchev–Trinajstić information content (AvgIpc) is 3.03. The van der Waals surface area contributed by atoms with Gasteiger partial charge >= 0.3 is 0 Å². The van der Waals surface area contributed by atoms with E-state index in [1.54, 1.807) is 17.1 Å². The first-order valence-electron chi connectivity index (χ1n) is 8.70. The second-order valence-corrected chi connectivity index (χ2v) is 6.74. The van der Waals surface area contributed by atoms with Gasteiger partial charge in [0.2, 0.25) is 0 Å². The Morgan fingerprint density at radius 2 is 2.17 bits per heavy atom. The first kappa shape index (κ1) is 15.3. The van der Waals surface area contributed by atoms with Gasteiger partial charge < -0.3 is 4.90 Å². The SMILES string of the molecule is Cn1cc(C(=O)N2CCN3CCCC[C@H]3C2)c(-c2cccnc2)n1. The predicted molar refractivity (Wildman–Crippen MR) is 91.6 cm³/mol. The lowest BCUT2D eigenvalue weighted by molar-refractivity contribution is 0.0373. The molecule has 0 aliphatic carbocycles. The minimum Gasteiger partial charge on any atom is -0.336 e. The van der Waals surface area contributed by atoms with Crippen LogP contribution in [0.2, 0.25) is 0 Å². The first-order chi connectivity index (χ1) is 11.7. The molecule has 2 aromatic heterocycles. The second kappa shape index (κ2) is 6.36. The number of nitrogens with zero attached hydrogens (tertiary/aromatic N) is 5. The molecule has 1 atom stereocenters. The topological polar surface area (TPSA) is 54.3 Å². The van der Waals surface area contributed by atoms with Crippen LogP contribution in [-0.4, -0.2) is 62.7 Å². The van der Waals surface area contributed by atoms with Crippen molar-refractivity contribution in [3.63, 3.8) is 0 Å². The molecule has 2 fully saturated rings. The predicted octanol–water partition coefficient (Wildman–Crippen LogP) is 1.79. The Morgan fingerprint density at radius 3 is 3.00 bits per heavy atom. The number of pyridine rings is 1. The Labute approximate surface area is 142 Å². The van der Waals surface area contributed by atoms with Gasteiger partial charge in [0.15, 0.2) is 0 Å². The summed E-state index contributed by atoms with van der Waals surface area (Å²) in [6.45, 7) is 3.80. The molecule has 2 aromatic rings. The number of amides is 1. The Bertz CT molecular complexity index is 726. The zero-order valence-electron chi connectivity index (χ0n) is 14.1. The van der Waals surface area contributed by atoms with Crippen LogP contribution in [0.15, 0.2) is 30.7 Å². The molecule has 0 unspecified atom stereocenters. The number of carbonyl (C=O) groups is 1. The number of aromatic nitrogens is 3. The largest absolute Gasteiger partial charge is 0.336 e. The molecule has 2 saturated heterocycles. The standard InChI is InChI=1S/C18H23N5O/c1-21-13-16(17(20-21)14-5-4-7-19-11-14)18(24)23-10-9-22-8-3-2-6-15(22)12-23/h4-5,7,11,13,15H,2-3,6,8-10,12H2,1H3/t15-/m0/s1. The Kier molecular flexibility index (Phi) is 4.06. The number of hydrogen-bond donors (Lipinski definition) is 0. The molecule has 2 aliphatic heterocycles. The summed E-state index contributed by atoms with van der Waals surface area (Å²) in [7, 11) is 1.86. The number of aryl methyl sites for hydroxylation is 1. The van der Waals surface area contributed by atoms with Crippen LogP contribution in [0.4, 0.5) is 0 Å². The van der Waals surface area contributed by atoms with E-state index in [-0.39, 0.29) is 5.91 Å². The monoisotopic (exact) mass is 325 g/mol. The van der Waals surface area contributed by atoms with Crippen LogP contribution in [0.3, 0.4) is 0 Å². The van der Waals surface area contributed by atoms with E-state index in [0.29, 0.717) is 11.6 Å². The van der Waals surface area contributed by atoms with Gasteiger partial charge in [-0.15, -0.1) is 0 Å². The smallest absolute Gasteiger partial charge is 0.257 e. The fourth-order valence-corrected chi connectivity index (χ4v) is 3.87. The van der Waals surface area contributed by atoms with E-state index in [9.17, 15) is 4.79 Å². The van der Waals surface area contributed by atoms with Crippen molar-refractivity contribution >= 4 is 5.91 Å². The molecule has 126 valence electrons. The van der Waals surface area contributed by atoms with Gasteiger partial charge in [-0.05, 0) is 31.5 Å². The summed E-state index contributed by atoms with van der Waals surface area (Å²) in [6, 6.07) is 4.35. The zero-order valence-corrected chi connectivity index (χ0v) is 14.1. The maximum Gasteiger partial charge on any atom is 0.257 e. The summed E-state index contributed by atoms with van der Waals surface area (Å²) in [5.74, 6) is 0.0900. The van der Waals surface area contributed by atoms with E-state index < -0.39 is 0 Å². The van der Waals surface area contributed by atoms with Crippen molar-refractivity contribution in [2.24, 2.45) is 7.05 Å². The molecule has 2 aliphatic rings. The van der Waals surface area contributed by atoms with Crippen LogP contribution in [0.1, 0.15) is 29.6 Å². The lowest BCUT2D eigenvalue weighted by atomic mass is 9.99. The molecule has 0 saturated carbocycles. The summed E-state index contributed by atoms with van der Waals surface area (Å²) < 4.78 is 1.71. The lowest BCUT2D eigenvalue weighted by Crippen LogP contribution is -2.56. The van der Waals surface area contributed by atoms with Gasteiger partial charge in [0.05, 0.1) is 5.56 Å². The Morgan fingerprint density at radius 1 is 1.25 bits per heavy atom. The first-order valence-corrected chi connectivity index (χ1v) is 8.70. The molecule has 0 N–H and O–H groups in total. The highest BCUT2D eigenvalue weighted by Crippen LogP contribution is 2.25. The molecule has 6 heteroatoms. The quantitative estimate of drug-likeness (QED) is 0.845. The van der Waals surface area contributed by atoms with Crippen molar-refractivity contribution in [1.29, 1.82) is 0 Å². The molecule has 0 bridgehead atoms. The van der Waals surface area contributed by atoms with Gasteiger partial charge in [0.1, 0.15) is 5.69 Å². The molecular weight excluding hydrogens is 302 g/mol. The Balaban J connectivity index is 1.59. The second-order valence-electron chi connectivity index (χ2n) is 6.74. The summed E-state index contributed by atoms with van der Waals surface area (Å²) in [6.07, 6.45) is 9.09. The van der Waals surface area contributed by atoms with Gasteiger partial charge in [-0.3, -0.25) is 19.4 Å². The number of carbonyl (C=O) groups excluding carboxylic acids is 1. The third kappa shape index (κ3) is 2.82. The molecule has 24 heavy (non-hydrogen) atoms. The maximum atomic E-state index is 13.1. The van der Waals surface area contributed by atoms with Gasteiger partial charge in [0, 0.05) is 56.9 Å². The molecule has 0 spiro atoms. The molecule has 0 radical (unpaired) electrons. The van der Waals surface area contributed by atoms with Gasteiger partial charge in [-0.1, -0.05) is 6.42 Å². The lowest BCUT2D eigenvalue weighted by Gasteiger charge is -2.44. The van der Waals surface area contributed by atoms with Gasteiger partial charge in [-0.25, -0.2) is 0 Å². The summed E-state index contributed by atoms with van der Waals surface area (Å²) in [5, 5.41) is 4.50. The van der Waals surface area contributed by atoms with Crippen LogP contribution in [-0.2, 0) is 7.05 Å². The van der Waals surface area contributed by atoms with Gasteiger partial charge in [-0.2, -0.15) is 5.10 Å². The Hall–Kier alpha value is -2.21. The van der Waals surface area contributed by atoms with Crippen molar-refractivity contribution in [3.05, 3.63) is 36.3 Å². The highest BCUT2D eigenvalue weighted by atomic mass is 16.2. The maximum absolute atomic E-state index is 13.1. The normalized spacial score (nSPS) is 21.5.